The van der Waals surface area contributed by atoms with Crippen LogP contribution < -0.4 is 14.8 Å². The molecular formula is C14H20N4O2S. The molecule has 1 atom stereocenters. The summed E-state index contributed by atoms with van der Waals surface area (Å²) < 4.78 is 10.8. The van der Waals surface area contributed by atoms with Crippen molar-refractivity contribution >= 4 is 11.8 Å². The van der Waals surface area contributed by atoms with Crippen LogP contribution in [0.5, 0.6) is 11.5 Å². The molecule has 1 aromatic heterocycles. The molecule has 0 fully saturated rings. The van der Waals surface area contributed by atoms with Crippen molar-refractivity contribution in [3.8, 4) is 11.5 Å². The van der Waals surface area contributed by atoms with Gasteiger partial charge in [0.1, 0.15) is 17.8 Å². The number of nitrogens with one attached hydrogen (secondary N) is 2. The number of methoxy groups -OCH3 is 2. The van der Waals surface area contributed by atoms with Gasteiger partial charge in [0.15, 0.2) is 5.16 Å². The van der Waals surface area contributed by atoms with Gasteiger partial charge in [-0.25, -0.2) is 4.98 Å². The van der Waals surface area contributed by atoms with Crippen molar-refractivity contribution in [3.05, 3.63) is 30.1 Å². The smallest absolute Gasteiger partial charge is 0.183 e. The summed E-state index contributed by atoms with van der Waals surface area (Å²) in [7, 11) is 3.34. The molecule has 6 nitrogen and oxygen atoms in total. The van der Waals surface area contributed by atoms with E-state index in [4.69, 9.17) is 9.47 Å². The van der Waals surface area contributed by atoms with Gasteiger partial charge in [-0.2, -0.15) is 5.10 Å². The number of benzene rings is 1. The second-order valence-electron chi connectivity index (χ2n) is 4.32. The second kappa shape index (κ2) is 7.90. The minimum Gasteiger partial charge on any atom is -0.497 e. The van der Waals surface area contributed by atoms with Crippen LogP contribution in [0.2, 0.25) is 0 Å². The van der Waals surface area contributed by atoms with Crippen LogP contribution in [0.1, 0.15) is 18.5 Å². The molecule has 2 rings (SSSR count). The van der Waals surface area contributed by atoms with Gasteiger partial charge < -0.3 is 14.8 Å². The lowest BCUT2D eigenvalue weighted by molar-refractivity contribution is 0.393. The third-order valence-electron chi connectivity index (χ3n) is 3.04. The number of nitrogens with zero attached hydrogens (tertiary/aromatic N) is 2. The summed E-state index contributed by atoms with van der Waals surface area (Å²) in [5.41, 5.74) is 1.07. The van der Waals surface area contributed by atoms with Crippen molar-refractivity contribution in [1.29, 1.82) is 0 Å². The number of aromatic nitrogens is 3. The number of hydrogen-bond acceptors (Lipinski definition) is 6. The standard InChI is InChI=1S/C14H20N4O2S/c1-4-15-12(8-21-14-16-9-17-18-14)11-7-10(19-2)5-6-13(11)20-3/h5-7,9,12,15H,4,8H2,1-3H3,(H,16,17,18). The van der Waals surface area contributed by atoms with E-state index in [1.165, 1.54) is 6.33 Å². The predicted molar refractivity (Wildman–Crippen MR) is 83.1 cm³/mol. The lowest BCUT2D eigenvalue weighted by atomic mass is 10.1. The third-order valence-corrected chi connectivity index (χ3v) is 4.01. The Hall–Kier alpha value is -1.73. The highest BCUT2D eigenvalue weighted by molar-refractivity contribution is 7.99. The minimum atomic E-state index is 0.134. The van der Waals surface area contributed by atoms with Gasteiger partial charge in [-0.3, -0.25) is 5.10 Å². The summed E-state index contributed by atoms with van der Waals surface area (Å²) in [4.78, 5) is 4.13. The molecule has 0 amide bonds. The molecule has 0 bridgehead atoms. The van der Waals surface area contributed by atoms with Gasteiger partial charge in [0.25, 0.3) is 0 Å². The Labute approximate surface area is 128 Å². The van der Waals surface area contributed by atoms with Crippen LogP contribution in [0.3, 0.4) is 0 Å². The van der Waals surface area contributed by atoms with Gasteiger partial charge in [-0.1, -0.05) is 18.7 Å². The average molecular weight is 308 g/mol. The summed E-state index contributed by atoms with van der Waals surface area (Å²) in [5.74, 6) is 2.48. The molecule has 1 heterocycles. The van der Waals surface area contributed by atoms with Crippen molar-refractivity contribution in [2.45, 2.75) is 18.1 Å². The van der Waals surface area contributed by atoms with Crippen LogP contribution in [-0.4, -0.2) is 41.7 Å². The first-order valence-corrected chi connectivity index (χ1v) is 7.70. The summed E-state index contributed by atoms with van der Waals surface area (Å²) in [5, 5.41) is 11.0. The number of hydrogen-bond donors (Lipinski definition) is 2. The lowest BCUT2D eigenvalue weighted by Gasteiger charge is -2.20. The molecule has 0 aliphatic heterocycles. The predicted octanol–water partition coefficient (Wildman–Crippen LogP) is 2.26. The fraction of sp³-hybridized carbons (Fsp3) is 0.429. The first-order chi connectivity index (χ1) is 10.3. The van der Waals surface area contributed by atoms with Crippen LogP contribution in [0, 0.1) is 0 Å². The monoisotopic (exact) mass is 308 g/mol. The van der Waals surface area contributed by atoms with E-state index in [9.17, 15) is 0 Å². The Morgan fingerprint density at radius 3 is 2.81 bits per heavy atom. The Balaban J connectivity index is 2.19. The number of H-pyrrole nitrogens is 1. The van der Waals surface area contributed by atoms with E-state index in [0.717, 1.165) is 34.5 Å². The summed E-state index contributed by atoms with van der Waals surface area (Å²) in [6.07, 6.45) is 1.51. The molecule has 0 spiro atoms. The van der Waals surface area contributed by atoms with E-state index in [2.05, 4.69) is 27.4 Å². The van der Waals surface area contributed by atoms with Crippen molar-refractivity contribution in [1.82, 2.24) is 20.5 Å². The molecule has 1 aromatic carbocycles. The molecule has 114 valence electrons. The van der Waals surface area contributed by atoms with Crippen molar-refractivity contribution in [2.75, 3.05) is 26.5 Å². The van der Waals surface area contributed by atoms with Crippen LogP contribution in [-0.2, 0) is 0 Å². The maximum atomic E-state index is 5.47. The number of rotatable bonds is 8. The maximum Gasteiger partial charge on any atom is 0.183 e. The third kappa shape index (κ3) is 4.12. The minimum absolute atomic E-state index is 0.134. The first kappa shape index (κ1) is 15.7. The van der Waals surface area contributed by atoms with Gasteiger partial charge in [-0.05, 0) is 24.7 Å². The zero-order chi connectivity index (χ0) is 15.1. The highest BCUT2D eigenvalue weighted by Gasteiger charge is 2.17. The van der Waals surface area contributed by atoms with E-state index < -0.39 is 0 Å². The summed E-state index contributed by atoms with van der Waals surface area (Å²) in [6.45, 7) is 2.95. The molecule has 0 saturated carbocycles. The molecule has 0 aliphatic rings. The van der Waals surface area contributed by atoms with Gasteiger partial charge in [0, 0.05) is 17.4 Å². The Bertz CT molecular complexity index is 548. The Morgan fingerprint density at radius 1 is 1.33 bits per heavy atom. The number of aromatic amines is 1. The van der Waals surface area contributed by atoms with Gasteiger partial charge in [0.05, 0.1) is 14.2 Å². The molecule has 0 aliphatic carbocycles. The fourth-order valence-corrected chi connectivity index (χ4v) is 2.90. The molecule has 0 saturated heterocycles. The molecular weight excluding hydrogens is 288 g/mol. The first-order valence-electron chi connectivity index (χ1n) is 6.72. The van der Waals surface area contributed by atoms with Gasteiger partial charge in [0.2, 0.25) is 0 Å². The Kier molecular flexibility index (Phi) is 5.89. The quantitative estimate of drug-likeness (QED) is 0.729. The highest BCUT2D eigenvalue weighted by atomic mass is 32.2. The molecule has 2 aromatic rings. The van der Waals surface area contributed by atoms with Crippen LogP contribution >= 0.6 is 11.8 Å². The summed E-state index contributed by atoms with van der Waals surface area (Å²) in [6, 6.07) is 5.97. The zero-order valence-corrected chi connectivity index (χ0v) is 13.2. The SMILES string of the molecule is CCNC(CSc1ncn[nH]1)c1cc(OC)ccc1OC. The van der Waals surface area contributed by atoms with E-state index in [0.29, 0.717) is 0 Å². The van der Waals surface area contributed by atoms with Crippen molar-refractivity contribution in [3.63, 3.8) is 0 Å². The fourth-order valence-electron chi connectivity index (χ4n) is 2.04. The number of thioether (sulfide) groups is 1. The molecule has 1 unspecified atom stereocenters. The van der Waals surface area contributed by atoms with Gasteiger partial charge in [-0.15, -0.1) is 0 Å². The van der Waals surface area contributed by atoms with E-state index in [1.807, 2.05) is 18.2 Å². The summed E-state index contributed by atoms with van der Waals surface area (Å²) >= 11 is 1.61. The largest absolute Gasteiger partial charge is 0.497 e. The maximum absolute atomic E-state index is 5.47. The second-order valence-corrected chi connectivity index (χ2v) is 5.33. The van der Waals surface area contributed by atoms with Crippen LogP contribution in [0.4, 0.5) is 0 Å². The average Bonchev–Trinajstić information content (AvgIpc) is 3.04. The van der Waals surface area contributed by atoms with E-state index >= 15 is 0 Å². The molecule has 7 heteroatoms. The lowest BCUT2D eigenvalue weighted by Crippen LogP contribution is -2.23. The van der Waals surface area contributed by atoms with Crippen molar-refractivity contribution < 1.29 is 9.47 Å². The topological polar surface area (TPSA) is 72.1 Å². The molecule has 0 radical (unpaired) electrons. The van der Waals surface area contributed by atoms with E-state index in [1.54, 1.807) is 26.0 Å². The van der Waals surface area contributed by atoms with Crippen LogP contribution in [0.25, 0.3) is 0 Å². The zero-order valence-electron chi connectivity index (χ0n) is 12.4. The van der Waals surface area contributed by atoms with Gasteiger partial charge >= 0.3 is 0 Å². The Morgan fingerprint density at radius 2 is 2.19 bits per heavy atom. The molecule has 2 N–H and O–H groups in total. The normalized spacial score (nSPS) is 12.1. The van der Waals surface area contributed by atoms with Crippen molar-refractivity contribution in [2.24, 2.45) is 0 Å². The van der Waals surface area contributed by atoms with E-state index in [-0.39, 0.29) is 6.04 Å². The van der Waals surface area contributed by atoms with Crippen LogP contribution in [0.15, 0.2) is 29.7 Å². The number of ether oxygens (including phenoxy) is 2. The molecule has 21 heavy (non-hydrogen) atoms. The highest BCUT2D eigenvalue weighted by Crippen LogP contribution is 2.32.